The lowest BCUT2D eigenvalue weighted by Gasteiger charge is -2.21. The van der Waals surface area contributed by atoms with Gasteiger partial charge in [-0.15, -0.1) is 0 Å². The normalized spacial score (nSPS) is 11.6. The summed E-state index contributed by atoms with van der Waals surface area (Å²) in [4.78, 5) is 12.0. The van der Waals surface area contributed by atoms with Gasteiger partial charge in [-0.2, -0.15) is 4.39 Å². The first-order valence-corrected chi connectivity index (χ1v) is 7.49. The third-order valence-corrected chi connectivity index (χ3v) is 3.77. The van der Waals surface area contributed by atoms with Gasteiger partial charge in [0.15, 0.2) is 18.2 Å². The number of likely N-dealkylation sites (N-methyl/N-ethyl adjacent to an activating group) is 1. The van der Waals surface area contributed by atoms with E-state index in [0.29, 0.717) is 0 Å². The van der Waals surface area contributed by atoms with Gasteiger partial charge >= 0.3 is 0 Å². The number of amides is 1. The van der Waals surface area contributed by atoms with Crippen LogP contribution in [0, 0.1) is 11.6 Å². The number of hydrogen-bond donors (Lipinski definition) is 1. The van der Waals surface area contributed by atoms with E-state index in [-0.39, 0.29) is 6.04 Å². The third-order valence-electron chi connectivity index (χ3n) is 2.84. The van der Waals surface area contributed by atoms with Crippen LogP contribution in [0.25, 0.3) is 0 Å². The smallest absolute Gasteiger partial charge is 0.260 e. The molecule has 1 amide bonds. The lowest BCUT2D eigenvalue weighted by molar-refractivity contribution is -0.133. The van der Waals surface area contributed by atoms with Crippen molar-refractivity contribution in [2.45, 2.75) is 24.8 Å². The van der Waals surface area contributed by atoms with E-state index in [1.807, 2.05) is 0 Å². The quantitative estimate of drug-likeness (QED) is 0.870. The zero-order valence-electron chi connectivity index (χ0n) is 11.8. The van der Waals surface area contributed by atoms with Crippen LogP contribution >= 0.6 is 0 Å². The topological polar surface area (TPSA) is 89.7 Å². The van der Waals surface area contributed by atoms with Crippen molar-refractivity contribution in [1.29, 1.82) is 0 Å². The van der Waals surface area contributed by atoms with Gasteiger partial charge < -0.3 is 9.64 Å². The number of rotatable bonds is 5. The molecule has 21 heavy (non-hydrogen) atoms. The van der Waals surface area contributed by atoms with Crippen LogP contribution in [0.15, 0.2) is 17.0 Å². The molecule has 1 aromatic rings. The van der Waals surface area contributed by atoms with Gasteiger partial charge in [-0.1, -0.05) is 0 Å². The van der Waals surface area contributed by atoms with Gasteiger partial charge in [0.2, 0.25) is 15.8 Å². The second-order valence-electron chi connectivity index (χ2n) is 4.62. The monoisotopic (exact) mass is 322 g/mol. The van der Waals surface area contributed by atoms with Crippen LogP contribution < -0.4 is 9.88 Å². The lowest BCUT2D eigenvalue weighted by Crippen LogP contribution is -2.36. The molecule has 118 valence electrons. The molecular formula is C12H16F2N2O4S. The molecule has 0 atom stereocenters. The number of hydrogen-bond acceptors (Lipinski definition) is 4. The molecule has 1 rings (SSSR count). The van der Waals surface area contributed by atoms with Gasteiger partial charge in [-0.05, 0) is 26.0 Å². The third kappa shape index (κ3) is 4.11. The summed E-state index contributed by atoms with van der Waals surface area (Å²) in [6.07, 6.45) is 0. The minimum absolute atomic E-state index is 0.0764. The van der Waals surface area contributed by atoms with Gasteiger partial charge in [-0.25, -0.2) is 17.9 Å². The number of sulfonamides is 1. The zero-order chi connectivity index (χ0) is 16.4. The highest BCUT2D eigenvalue weighted by atomic mass is 32.2. The molecule has 1 aromatic carbocycles. The minimum atomic E-state index is -4.37. The molecule has 0 aromatic heterocycles. The Hall–Kier alpha value is -1.74. The summed E-state index contributed by atoms with van der Waals surface area (Å²) in [5.41, 5.74) is 0. The van der Waals surface area contributed by atoms with Crippen molar-refractivity contribution >= 4 is 15.9 Å². The van der Waals surface area contributed by atoms with E-state index >= 15 is 0 Å². The number of nitrogens with two attached hydrogens (primary N) is 1. The Bertz CT molecular complexity index is 647. The van der Waals surface area contributed by atoms with Crippen LogP contribution in [0.5, 0.6) is 5.75 Å². The summed E-state index contributed by atoms with van der Waals surface area (Å²) in [7, 11) is -2.84. The Morgan fingerprint density at radius 1 is 1.33 bits per heavy atom. The Morgan fingerprint density at radius 3 is 2.38 bits per heavy atom. The predicted octanol–water partition coefficient (Wildman–Crippen LogP) is 0.858. The first-order chi connectivity index (χ1) is 9.55. The highest BCUT2D eigenvalue weighted by Gasteiger charge is 2.22. The Labute approximate surface area is 121 Å². The van der Waals surface area contributed by atoms with Gasteiger partial charge in [0.05, 0.1) is 0 Å². The highest BCUT2D eigenvalue weighted by Crippen LogP contribution is 2.24. The molecule has 0 fully saturated rings. The van der Waals surface area contributed by atoms with Gasteiger partial charge in [0, 0.05) is 13.1 Å². The summed E-state index contributed by atoms with van der Waals surface area (Å²) in [5.74, 6) is -4.15. The highest BCUT2D eigenvalue weighted by molar-refractivity contribution is 7.89. The number of primary sulfonamides is 1. The minimum Gasteiger partial charge on any atom is -0.481 e. The maximum absolute atomic E-state index is 13.7. The fraction of sp³-hybridized carbons (Fsp3) is 0.417. The molecule has 0 aliphatic rings. The largest absolute Gasteiger partial charge is 0.481 e. The average Bonchev–Trinajstić information content (AvgIpc) is 2.37. The van der Waals surface area contributed by atoms with Gasteiger partial charge in [0.1, 0.15) is 4.90 Å². The standard InChI is InChI=1S/C12H16F2N2O4S/c1-7(2)16(3)10(17)6-20-8-4-5-9(21(15,18)19)12(14)11(8)13/h4-5,7H,6H2,1-3H3,(H2,15,18,19). The van der Waals surface area contributed by atoms with Crippen molar-refractivity contribution in [2.75, 3.05) is 13.7 Å². The molecule has 0 radical (unpaired) electrons. The lowest BCUT2D eigenvalue weighted by atomic mass is 10.3. The van der Waals surface area contributed by atoms with E-state index in [0.717, 1.165) is 12.1 Å². The second kappa shape index (κ2) is 6.35. The number of benzene rings is 1. The van der Waals surface area contributed by atoms with Crippen molar-refractivity contribution in [3.8, 4) is 5.75 Å². The Kier molecular flexibility index (Phi) is 5.24. The van der Waals surface area contributed by atoms with Crippen molar-refractivity contribution in [3.63, 3.8) is 0 Å². The molecule has 6 nitrogen and oxygen atoms in total. The summed E-state index contributed by atoms with van der Waals surface area (Å²) in [6, 6.07) is 1.60. The maximum atomic E-state index is 13.7. The summed E-state index contributed by atoms with van der Waals surface area (Å²) < 4.78 is 54.1. The fourth-order valence-electron chi connectivity index (χ4n) is 1.37. The van der Waals surface area contributed by atoms with Crippen LogP contribution in [-0.2, 0) is 14.8 Å². The first kappa shape index (κ1) is 17.3. The molecule has 0 saturated heterocycles. The SMILES string of the molecule is CC(C)N(C)C(=O)COc1ccc(S(N)(=O)=O)c(F)c1F. The van der Waals surface area contributed by atoms with Crippen LogP contribution in [0.1, 0.15) is 13.8 Å². The van der Waals surface area contributed by atoms with E-state index in [4.69, 9.17) is 9.88 Å². The number of ether oxygens (including phenoxy) is 1. The van der Waals surface area contributed by atoms with Crippen LogP contribution in [-0.4, -0.2) is 38.9 Å². The summed E-state index contributed by atoms with van der Waals surface area (Å²) in [6.45, 7) is 3.05. The maximum Gasteiger partial charge on any atom is 0.260 e. The Morgan fingerprint density at radius 2 is 1.90 bits per heavy atom. The summed E-state index contributed by atoms with van der Waals surface area (Å²) in [5, 5.41) is 4.74. The Balaban J connectivity index is 2.93. The van der Waals surface area contributed by atoms with Crippen molar-refractivity contribution in [2.24, 2.45) is 5.14 Å². The molecule has 0 unspecified atom stereocenters. The molecule has 0 aliphatic carbocycles. The summed E-state index contributed by atoms with van der Waals surface area (Å²) >= 11 is 0. The molecule has 0 bridgehead atoms. The molecule has 9 heteroatoms. The molecule has 0 spiro atoms. The second-order valence-corrected chi connectivity index (χ2v) is 6.15. The predicted molar refractivity (Wildman–Crippen MR) is 71.1 cm³/mol. The number of halogens is 2. The number of nitrogens with zero attached hydrogens (tertiary/aromatic N) is 1. The van der Waals surface area contributed by atoms with Crippen LogP contribution in [0.2, 0.25) is 0 Å². The van der Waals surface area contributed by atoms with E-state index < -0.39 is 44.8 Å². The molecule has 0 saturated carbocycles. The van der Waals surface area contributed by atoms with E-state index in [1.165, 1.54) is 11.9 Å². The van der Waals surface area contributed by atoms with Gasteiger partial charge in [0.25, 0.3) is 5.91 Å². The van der Waals surface area contributed by atoms with Crippen molar-refractivity contribution < 1.29 is 26.7 Å². The molecule has 0 aliphatic heterocycles. The van der Waals surface area contributed by atoms with Crippen LogP contribution in [0.4, 0.5) is 8.78 Å². The van der Waals surface area contributed by atoms with Crippen LogP contribution in [0.3, 0.4) is 0 Å². The first-order valence-electron chi connectivity index (χ1n) is 5.95. The van der Waals surface area contributed by atoms with Gasteiger partial charge in [-0.3, -0.25) is 4.79 Å². The number of carbonyl (C=O) groups is 1. The molecule has 0 heterocycles. The molecule has 2 N–H and O–H groups in total. The van der Waals surface area contributed by atoms with Crippen molar-refractivity contribution in [1.82, 2.24) is 4.90 Å². The fourth-order valence-corrected chi connectivity index (χ4v) is 1.97. The van der Waals surface area contributed by atoms with E-state index in [1.54, 1.807) is 13.8 Å². The molecular weight excluding hydrogens is 306 g/mol. The number of carbonyl (C=O) groups excluding carboxylic acids is 1. The zero-order valence-corrected chi connectivity index (χ0v) is 12.6. The van der Waals surface area contributed by atoms with E-state index in [2.05, 4.69) is 0 Å². The van der Waals surface area contributed by atoms with E-state index in [9.17, 15) is 22.0 Å². The average molecular weight is 322 g/mol. The van der Waals surface area contributed by atoms with Crippen molar-refractivity contribution in [3.05, 3.63) is 23.8 Å².